The minimum absolute atomic E-state index is 0.208. The van der Waals surface area contributed by atoms with Gasteiger partial charge in [-0.25, -0.2) is 0 Å². The third-order valence-corrected chi connectivity index (χ3v) is 7.76. The van der Waals surface area contributed by atoms with E-state index in [2.05, 4.69) is 5.32 Å². The monoisotopic (exact) mass is 539 g/mol. The summed E-state index contributed by atoms with van der Waals surface area (Å²) in [6.45, 7) is 3.80. The second-order valence-corrected chi connectivity index (χ2v) is 10.8. The topological polar surface area (TPSA) is 74.9 Å². The van der Waals surface area contributed by atoms with Crippen molar-refractivity contribution in [1.29, 1.82) is 5.26 Å². The van der Waals surface area contributed by atoms with E-state index in [0.717, 1.165) is 27.3 Å². The predicted octanol–water partition coefficient (Wildman–Crippen LogP) is 5.03. The van der Waals surface area contributed by atoms with Crippen molar-refractivity contribution in [3.05, 3.63) is 95.5 Å². The molecule has 0 saturated heterocycles. The van der Waals surface area contributed by atoms with Crippen molar-refractivity contribution in [3.63, 3.8) is 0 Å². The Morgan fingerprint density at radius 2 is 1.92 bits per heavy atom. The molecule has 4 aromatic rings. The van der Waals surface area contributed by atoms with Crippen LogP contribution in [0.5, 0.6) is 0 Å². The van der Waals surface area contributed by atoms with Gasteiger partial charge >= 0.3 is 0 Å². The van der Waals surface area contributed by atoms with Crippen LogP contribution in [0.4, 0.5) is 14.5 Å². The lowest BCUT2D eigenvalue weighted by atomic mass is 10.1. The van der Waals surface area contributed by atoms with Gasteiger partial charge in [0, 0.05) is 15.5 Å². The van der Waals surface area contributed by atoms with Crippen molar-refractivity contribution in [1.82, 2.24) is 4.57 Å². The fourth-order valence-electron chi connectivity index (χ4n) is 3.54. The Labute approximate surface area is 217 Å². The van der Waals surface area contributed by atoms with Gasteiger partial charge in [-0.2, -0.15) is 14.0 Å². The predicted molar refractivity (Wildman–Crippen MR) is 142 cm³/mol. The number of halogens is 2. The van der Waals surface area contributed by atoms with Crippen molar-refractivity contribution >= 4 is 57.7 Å². The highest BCUT2D eigenvalue weighted by atomic mass is 32.2. The first kappa shape index (κ1) is 25.6. The molecule has 0 atom stereocenters. The Morgan fingerprint density at radius 3 is 2.53 bits per heavy atom. The van der Waals surface area contributed by atoms with Gasteiger partial charge in [0.15, 0.2) is 5.57 Å². The summed E-state index contributed by atoms with van der Waals surface area (Å²) in [6, 6.07) is 17.2. The molecule has 182 valence electrons. The highest BCUT2D eigenvalue weighted by molar-refractivity contribution is 7.99. The first-order valence-electron chi connectivity index (χ1n) is 10.6. The average Bonchev–Trinajstić information content (AvgIpc) is 3.44. The maximum absolute atomic E-state index is 13.5. The number of carbonyl (C=O) groups is 1. The van der Waals surface area contributed by atoms with Crippen molar-refractivity contribution in [2.75, 3.05) is 5.32 Å². The van der Waals surface area contributed by atoms with E-state index in [9.17, 15) is 23.6 Å². The summed E-state index contributed by atoms with van der Waals surface area (Å²) >= 11 is 2.94. The standard InChI is InChI=1S/C26H19F2N3O2S3/c1-15-5-10-21(16(2)12-15)31-24(33)22(13-19-4-3-11-34-19)36-25(31)20(14-29)23(32)30-17-6-8-18(9-7-17)35-26(27)28/h3-13,26H,1-2H3,(H,30,32)/b22-13-,25-20+. The fraction of sp³-hybridized carbons (Fsp3) is 0.115. The number of thioether (sulfide) groups is 1. The fourth-order valence-corrected chi connectivity index (χ4v) is 5.85. The van der Waals surface area contributed by atoms with Gasteiger partial charge in [0.25, 0.3) is 17.2 Å². The van der Waals surface area contributed by atoms with E-state index >= 15 is 0 Å². The number of amides is 1. The minimum Gasteiger partial charge on any atom is -0.321 e. The zero-order valence-electron chi connectivity index (χ0n) is 19.1. The molecule has 0 aliphatic rings. The normalized spacial score (nSPS) is 12.5. The first-order valence-corrected chi connectivity index (χ1v) is 13.2. The number of nitriles is 1. The molecule has 2 aromatic heterocycles. The van der Waals surface area contributed by atoms with E-state index in [-0.39, 0.29) is 15.8 Å². The second kappa shape index (κ2) is 11.0. The minimum atomic E-state index is -2.55. The van der Waals surface area contributed by atoms with Crippen molar-refractivity contribution in [3.8, 4) is 11.8 Å². The number of hydrogen-bond donors (Lipinski definition) is 1. The van der Waals surface area contributed by atoms with Crippen LogP contribution in [0.1, 0.15) is 16.0 Å². The number of thiazole rings is 1. The van der Waals surface area contributed by atoms with Gasteiger partial charge in [-0.3, -0.25) is 14.2 Å². The van der Waals surface area contributed by atoms with E-state index in [1.807, 2.05) is 49.6 Å². The van der Waals surface area contributed by atoms with Crippen LogP contribution >= 0.6 is 34.4 Å². The zero-order valence-corrected chi connectivity index (χ0v) is 21.6. The Bertz CT molecular complexity index is 1630. The number of nitrogens with zero attached hydrogens (tertiary/aromatic N) is 2. The molecule has 1 N–H and O–H groups in total. The van der Waals surface area contributed by atoms with Gasteiger partial charge in [-0.05, 0) is 67.3 Å². The lowest BCUT2D eigenvalue weighted by Crippen LogP contribution is -2.32. The number of alkyl halides is 2. The smallest absolute Gasteiger partial charge is 0.288 e. The summed E-state index contributed by atoms with van der Waals surface area (Å²) in [4.78, 5) is 27.9. The lowest BCUT2D eigenvalue weighted by molar-refractivity contribution is -0.111. The molecule has 2 heterocycles. The summed E-state index contributed by atoms with van der Waals surface area (Å²) in [6.07, 6.45) is 1.74. The van der Waals surface area contributed by atoms with Gasteiger partial charge in [0.05, 0.1) is 10.2 Å². The molecule has 0 fully saturated rings. The number of aromatic nitrogens is 1. The van der Waals surface area contributed by atoms with E-state index in [0.29, 0.717) is 32.6 Å². The molecule has 0 bridgehead atoms. The number of aryl methyl sites for hydroxylation is 2. The van der Waals surface area contributed by atoms with E-state index in [4.69, 9.17) is 0 Å². The molecular weight excluding hydrogens is 521 g/mol. The molecule has 10 heteroatoms. The van der Waals surface area contributed by atoms with Crippen LogP contribution < -0.4 is 20.1 Å². The Kier molecular flexibility index (Phi) is 7.84. The quantitative estimate of drug-likeness (QED) is 0.349. The van der Waals surface area contributed by atoms with Crippen molar-refractivity contribution in [2.45, 2.75) is 24.5 Å². The number of carbonyl (C=O) groups excluding carboxylic acids is 1. The van der Waals surface area contributed by atoms with Gasteiger partial charge in [-0.15, -0.1) is 22.7 Å². The summed E-state index contributed by atoms with van der Waals surface area (Å²) in [5.74, 6) is -3.25. The van der Waals surface area contributed by atoms with Crippen LogP contribution in [0.3, 0.4) is 0 Å². The Hall–Kier alpha value is -3.52. The molecule has 0 spiro atoms. The third kappa shape index (κ3) is 5.65. The largest absolute Gasteiger partial charge is 0.321 e. The van der Waals surface area contributed by atoms with Gasteiger partial charge in [0.1, 0.15) is 10.7 Å². The van der Waals surface area contributed by atoms with Crippen molar-refractivity contribution < 1.29 is 13.6 Å². The molecule has 0 unspecified atom stereocenters. The van der Waals surface area contributed by atoms with Crippen LogP contribution in [-0.4, -0.2) is 16.2 Å². The van der Waals surface area contributed by atoms with E-state index in [1.54, 1.807) is 12.1 Å². The van der Waals surface area contributed by atoms with E-state index in [1.165, 1.54) is 40.2 Å². The number of hydrogen-bond acceptors (Lipinski definition) is 6. The number of rotatable bonds is 6. The molecule has 2 aromatic carbocycles. The third-order valence-electron chi connectivity index (χ3n) is 5.12. The first-order chi connectivity index (χ1) is 17.3. The molecule has 0 aliphatic carbocycles. The Balaban J connectivity index is 1.86. The number of thiophene rings is 1. The van der Waals surface area contributed by atoms with Crippen molar-refractivity contribution in [2.24, 2.45) is 0 Å². The van der Waals surface area contributed by atoms with E-state index < -0.39 is 11.7 Å². The molecule has 36 heavy (non-hydrogen) atoms. The summed E-state index contributed by atoms with van der Waals surface area (Å²) in [5, 5.41) is 14.5. The maximum atomic E-state index is 13.5. The number of anilines is 1. The average molecular weight is 540 g/mol. The van der Waals surface area contributed by atoms with Crippen LogP contribution in [0, 0.1) is 25.2 Å². The highest BCUT2D eigenvalue weighted by Crippen LogP contribution is 2.26. The van der Waals surface area contributed by atoms with Crippen LogP contribution in [0.15, 0.2) is 69.7 Å². The second-order valence-electron chi connectivity index (χ2n) is 7.71. The van der Waals surface area contributed by atoms with Gasteiger partial charge in [0.2, 0.25) is 0 Å². The van der Waals surface area contributed by atoms with Gasteiger partial charge < -0.3 is 5.32 Å². The van der Waals surface area contributed by atoms with Crippen LogP contribution in [-0.2, 0) is 4.79 Å². The number of nitrogens with one attached hydrogen (secondary N) is 1. The summed E-state index contributed by atoms with van der Waals surface area (Å²) in [5.41, 5.74) is 2.20. The molecule has 0 saturated carbocycles. The molecule has 0 aliphatic heterocycles. The van der Waals surface area contributed by atoms with Gasteiger partial charge in [-0.1, -0.05) is 35.5 Å². The van der Waals surface area contributed by atoms with Crippen LogP contribution in [0.25, 0.3) is 17.3 Å². The van der Waals surface area contributed by atoms with Crippen LogP contribution in [0.2, 0.25) is 0 Å². The number of benzene rings is 2. The zero-order chi connectivity index (χ0) is 25.8. The summed E-state index contributed by atoms with van der Waals surface area (Å²) < 4.78 is 27.2. The lowest BCUT2D eigenvalue weighted by Gasteiger charge is -2.09. The Morgan fingerprint density at radius 1 is 1.17 bits per heavy atom. The SMILES string of the molecule is Cc1ccc(-n2c(=O)/c(=C/c3cccs3)s/c2=C(\C#N)C(=O)Nc2ccc(SC(F)F)cc2)c(C)c1. The molecule has 5 nitrogen and oxygen atoms in total. The maximum Gasteiger partial charge on any atom is 0.288 e. The summed E-state index contributed by atoms with van der Waals surface area (Å²) in [7, 11) is 0. The molecule has 0 radical (unpaired) electrons. The molecular formula is C26H19F2N3O2S3. The molecule has 4 rings (SSSR count). The highest BCUT2D eigenvalue weighted by Gasteiger charge is 2.18. The molecule has 1 amide bonds.